The van der Waals surface area contributed by atoms with E-state index >= 15 is 0 Å². The Hall–Kier alpha value is -2.71. The fraction of sp³-hybridized carbons (Fsp3) is 0.304. The van der Waals surface area contributed by atoms with Crippen LogP contribution in [0.5, 0.6) is 0 Å². The second-order valence-corrected chi connectivity index (χ2v) is 9.21. The van der Waals surface area contributed by atoms with E-state index < -0.39 is 5.97 Å². The smallest absolute Gasteiger partial charge is 0.303 e. The molecule has 0 bridgehead atoms. The average molecular weight is 454 g/mol. The number of hydrogen-bond donors (Lipinski definition) is 2. The van der Waals surface area contributed by atoms with Crippen LogP contribution >= 0.6 is 24.0 Å². The standard InChI is InChI=1S/C23H23N3O3S2/c27-21(28)7-2-1-3-12-26-22(29)20(31-23(26)30)14-17-5-4-6-19(25-17)15-8-9-18-16(13-15)10-11-24-18/h4-6,8-9,13-14,24H,1-3,7,10-12H2,(H,27,28). The number of aliphatic carboxylic acids is 1. The van der Waals surface area contributed by atoms with Crippen LogP contribution in [0.3, 0.4) is 0 Å². The van der Waals surface area contributed by atoms with Crippen LogP contribution in [0.1, 0.15) is 36.9 Å². The van der Waals surface area contributed by atoms with E-state index in [4.69, 9.17) is 22.3 Å². The number of carbonyl (C=O) groups excluding carboxylic acids is 1. The number of thiocarbonyl (C=S) groups is 1. The van der Waals surface area contributed by atoms with Crippen LogP contribution in [0.25, 0.3) is 17.3 Å². The first kappa shape index (κ1) is 21.5. The molecule has 4 rings (SSSR count). The van der Waals surface area contributed by atoms with Crippen molar-refractivity contribution in [3.05, 3.63) is 52.6 Å². The van der Waals surface area contributed by atoms with Gasteiger partial charge in [-0.1, -0.05) is 42.5 Å². The second-order valence-electron chi connectivity index (χ2n) is 7.53. The van der Waals surface area contributed by atoms with Gasteiger partial charge in [0.05, 0.1) is 16.3 Å². The Labute approximate surface area is 190 Å². The van der Waals surface area contributed by atoms with Crippen LogP contribution in [-0.2, 0) is 16.0 Å². The summed E-state index contributed by atoms with van der Waals surface area (Å²) in [5, 5.41) is 12.1. The molecule has 6 nitrogen and oxygen atoms in total. The number of nitrogens with zero attached hydrogens (tertiary/aromatic N) is 2. The number of rotatable bonds is 8. The van der Waals surface area contributed by atoms with Gasteiger partial charge in [0.25, 0.3) is 5.91 Å². The highest BCUT2D eigenvalue weighted by Gasteiger charge is 2.31. The van der Waals surface area contributed by atoms with E-state index in [0.717, 1.165) is 42.8 Å². The maximum Gasteiger partial charge on any atom is 0.303 e. The molecule has 31 heavy (non-hydrogen) atoms. The van der Waals surface area contributed by atoms with E-state index in [1.165, 1.54) is 23.0 Å². The number of nitrogens with one attached hydrogen (secondary N) is 1. The zero-order valence-electron chi connectivity index (χ0n) is 17.0. The van der Waals surface area contributed by atoms with Gasteiger partial charge in [-0.3, -0.25) is 14.5 Å². The van der Waals surface area contributed by atoms with Crippen molar-refractivity contribution in [2.45, 2.75) is 32.1 Å². The van der Waals surface area contributed by atoms with Crippen LogP contribution in [-0.4, -0.2) is 44.3 Å². The van der Waals surface area contributed by atoms with Gasteiger partial charge in [-0.25, -0.2) is 4.98 Å². The molecule has 160 valence electrons. The first-order chi connectivity index (χ1) is 15.0. The van der Waals surface area contributed by atoms with E-state index in [2.05, 4.69) is 23.5 Å². The molecule has 0 spiro atoms. The number of amides is 1. The number of anilines is 1. The summed E-state index contributed by atoms with van der Waals surface area (Å²) in [6, 6.07) is 12.1. The predicted octanol–water partition coefficient (Wildman–Crippen LogP) is 4.56. The van der Waals surface area contributed by atoms with E-state index in [-0.39, 0.29) is 12.3 Å². The summed E-state index contributed by atoms with van der Waals surface area (Å²) in [4.78, 5) is 30.3. The van der Waals surface area contributed by atoms with Gasteiger partial charge in [0.1, 0.15) is 4.32 Å². The third-order valence-electron chi connectivity index (χ3n) is 5.31. The summed E-state index contributed by atoms with van der Waals surface area (Å²) in [6.07, 6.45) is 5.05. The van der Waals surface area contributed by atoms with E-state index in [1.807, 2.05) is 18.2 Å². The van der Waals surface area contributed by atoms with Crippen molar-refractivity contribution in [3.63, 3.8) is 0 Å². The topological polar surface area (TPSA) is 82.5 Å². The third-order valence-corrected chi connectivity index (χ3v) is 6.68. The lowest BCUT2D eigenvalue weighted by atomic mass is 10.1. The number of hydrogen-bond acceptors (Lipinski definition) is 6. The number of carboxylic acid groups (broad SMARTS) is 1. The molecule has 2 aromatic rings. The molecular weight excluding hydrogens is 430 g/mol. The monoisotopic (exact) mass is 453 g/mol. The highest BCUT2D eigenvalue weighted by molar-refractivity contribution is 8.26. The molecule has 0 saturated carbocycles. The van der Waals surface area contributed by atoms with Gasteiger partial charge < -0.3 is 10.4 Å². The predicted molar refractivity (Wildman–Crippen MR) is 128 cm³/mol. The number of thioether (sulfide) groups is 1. The van der Waals surface area contributed by atoms with Crippen molar-refractivity contribution in [2.24, 2.45) is 0 Å². The number of unbranched alkanes of at least 4 members (excludes halogenated alkanes) is 2. The SMILES string of the molecule is O=C(O)CCCCCN1C(=O)C(=Cc2cccc(-c3ccc4c(c3)CCN4)n2)SC1=S. The zero-order valence-corrected chi connectivity index (χ0v) is 18.6. The highest BCUT2D eigenvalue weighted by atomic mass is 32.2. The van der Waals surface area contributed by atoms with Crippen LogP contribution in [0.4, 0.5) is 5.69 Å². The number of fused-ring (bicyclic) bond motifs is 1. The first-order valence-corrected chi connectivity index (χ1v) is 11.5. The molecule has 0 radical (unpaired) electrons. The summed E-state index contributed by atoms with van der Waals surface area (Å²) in [5.41, 5.74) is 5.14. The lowest BCUT2D eigenvalue weighted by Crippen LogP contribution is -2.29. The van der Waals surface area contributed by atoms with Crippen molar-refractivity contribution >= 4 is 51.9 Å². The first-order valence-electron chi connectivity index (χ1n) is 10.3. The molecular formula is C23H23N3O3S2. The van der Waals surface area contributed by atoms with Gasteiger partial charge in [0.15, 0.2) is 0 Å². The van der Waals surface area contributed by atoms with Crippen molar-refractivity contribution in [2.75, 3.05) is 18.4 Å². The van der Waals surface area contributed by atoms with Crippen molar-refractivity contribution in [1.29, 1.82) is 0 Å². The number of carbonyl (C=O) groups is 2. The van der Waals surface area contributed by atoms with Crippen LogP contribution in [0.15, 0.2) is 41.3 Å². The van der Waals surface area contributed by atoms with Gasteiger partial charge >= 0.3 is 5.97 Å². The van der Waals surface area contributed by atoms with Crippen LogP contribution in [0, 0.1) is 0 Å². The number of aromatic nitrogens is 1. The van der Waals surface area contributed by atoms with Gasteiger partial charge in [0.2, 0.25) is 0 Å². The van der Waals surface area contributed by atoms with Gasteiger partial charge in [-0.15, -0.1) is 0 Å². The average Bonchev–Trinajstić information content (AvgIpc) is 3.32. The minimum Gasteiger partial charge on any atom is -0.481 e. The maximum atomic E-state index is 12.8. The zero-order chi connectivity index (χ0) is 21.8. The second kappa shape index (κ2) is 9.62. The molecule has 2 N–H and O–H groups in total. The molecule has 3 heterocycles. The molecule has 0 aliphatic carbocycles. The largest absolute Gasteiger partial charge is 0.481 e. The lowest BCUT2D eigenvalue weighted by molar-refractivity contribution is -0.137. The van der Waals surface area contributed by atoms with E-state index in [9.17, 15) is 9.59 Å². The maximum absolute atomic E-state index is 12.8. The molecule has 1 fully saturated rings. The van der Waals surface area contributed by atoms with Crippen LogP contribution < -0.4 is 5.32 Å². The third kappa shape index (κ3) is 5.14. The highest BCUT2D eigenvalue weighted by Crippen LogP contribution is 2.33. The van der Waals surface area contributed by atoms with Gasteiger partial charge in [-0.2, -0.15) is 0 Å². The Morgan fingerprint density at radius 2 is 2.13 bits per heavy atom. The quantitative estimate of drug-likeness (QED) is 0.344. The Balaban J connectivity index is 1.44. The fourth-order valence-electron chi connectivity index (χ4n) is 3.71. The number of benzene rings is 1. The molecule has 1 aromatic heterocycles. The summed E-state index contributed by atoms with van der Waals surface area (Å²) in [6.45, 7) is 1.48. The molecule has 0 unspecified atom stereocenters. The lowest BCUT2D eigenvalue weighted by Gasteiger charge is -2.13. The van der Waals surface area contributed by atoms with Crippen molar-refractivity contribution in [1.82, 2.24) is 9.88 Å². The molecule has 0 atom stereocenters. The molecule has 1 saturated heterocycles. The molecule has 8 heteroatoms. The molecule has 2 aliphatic rings. The Kier molecular flexibility index (Phi) is 6.67. The number of carboxylic acids is 1. The summed E-state index contributed by atoms with van der Waals surface area (Å²) >= 11 is 6.68. The molecule has 1 aromatic carbocycles. The van der Waals surface area contributed by atoms with Crippen LogP contribution in [0.2, 0.25) is 0 Å². The molecule has 2 aliphatic heterocycles. The Morgan fingerprint density at radius 3 is 2.97 bits per heavy atom. The summed E-state index contributed by atoms with van der Waals surface area (Å²) < 4.78 is 0.539. The number of pyridine rings is 1. The van der Waals surface area contributed by atoms with Gasteiger partial charge in [-0.05, 0) is 55.2 Å². The normalized spacial score (nSPS) is 16.6. The minimum absolute atomic E-state index is 0.107. The molecule has 1 amide bonds. The Morgan fingerprint density at radius 1 is 1.26 bits per heavy atom. The van der Waals surface area contributed by atoms with E-state index in [1.54, 1.807) is 11.0 Å². The summed E-state index contributed by atoms with van der Waals surface area (Å²) in [5.74, 6) is -0.899. The fourth-order valence-corrected chi connectivity index (χ4v) is 5.00. The van der Waals surface area contributed by atoms with E-state index in [0.29, 0.717) is 22.2 Å². The summed E-state index contributed by atoms with van der Waals surface area (Å²) in [7, 11) is 0. The minimum atomic E-state index is -0.792. The van der Waals surface area contributed by atoms with Crippen molar-refractivity contribution in [3.8, 4) is 11.3 Å². The van der Waals surface area contributed by atoms with Gasteiger partial charge in [0, 0.05) is 30.8 Å². The Bertz CT molecular complexity index is 1070. The van der Waals surface area contributed by atoms with Crippen molar-refractivity contribution < 1.29 is 14.7 Å².